The number of likely N-dealkylation sites (tertiary alicyclic amines) is 1. The molecule has 0 aliphatic carbocycles. The molecule has 94 valence electrons. The summed E-state index contributed by atoms with van der Waals surface area (Å²) in [6.45, 7) is 14.7. The summed E-state index contributed by atoms with van der Waals surface area (Å²) in [7, 11) is 1.80. The Morgan fingerprint density at radius 3 is 2.69 bits per heavy atom. The van der Waals surface area contributed by atoms with Crippen LogP contribution in [-0.2, 0) is 4.74 Å². The fourth-order valence-electron chi connectivity index (χ4n) is 1.90. The van der Waals surface area contributed by atoms with Gasteiger partial charge >= 0.3 is 0 Å². The van der Waals surface area contributed by atoms with Gasteiger partial charge < -0.3 is 10.1 Å². The van der Waals surface area contributed by atoms with E-state index >= 15 is 0 Å². The lowest BCUT2D eigenvalue weighted by Crippen LogP contribution is -2.38. The maximum absolute atomic E-state index is 5.35. The average Bonchev–Trinajstić information content (AvgIpc) is 2.61. The van der Waals surface area contributed by atoms with Gasteiger partial charge in [0.05, 0.1) is 6.10 Å². The normalized spacial score (nSPS) is 22.6. The Balaban J connectivity index is 2.20. The van der Waals surface area contributed by atoms with Gasteiger partial charge in [-0.15, -0.1) is 0 Å². The van der Waals surface area contributed by atoms with E-state index in [-0.39, 0.29) is 5.54 Å². The average molecular weight is 226 g/mol. The quantitative estimate of drug-likeness (QED) is 0.721. The Hall–Kier alpha value is -0.380. The van der Waals surface area contributed by atoms with E-state index < -0.39 is 0 Å². The second-order valence-corrected chi connectivity index (χ2v) is 5.74. The van der Waals surface area contributed by atoms with Gasteiger partial charge in [-0.2, -0.15) is 0 Å². The number of ether oxygens (including phenoxy) is 1. The summed E-state index contributed by atoms with van der Waals surface area (Å²) in [6.07, 6.45) is 1.57. The van der Waals surface area contributed by atoms with Gasteiger partial charge in [-0.25, -0.2) is 0 Å². The highest BCUT2D eigenvalue weighted by atomic mass is 16.5. The Morgan fingerprint density at radius 2 is 2.19 bits per heavy atom. The van der Waals surface area contributed by atoms with Crippen molar-refractivity contribution in [2.75, 3.05) is 33.3 Å². The number of hydrogen-bond donors (Lipinski definition) is 1. The third-order valence-corrected chi connectivity index (χ3v) is 2.88. The molecule has 1 atom stereocenters. The molecule has 1 heterocycles. The van der Waals surface area contributed by atoms with Gasteiger partial charge in [0, 0.05) is 38.8 Å². The van der Waals surface area contributed by atoms with Gasteiger partial charge in [0.25, 0.3) is 0 Å². The first-order chi connectivity index (χ1) is 7.40. The summed E-state index contributed by atoms with van der Waals surface area (Å²) in [5.41, 5.74) is 1.43. The van der Waals surface area contributed by atoms with E-state index in [0.717, 1.165) is 32.6 Å². The van der Waals surface area contributed by atoms with Gasteiger partial charge in [0.2, 0.25) is 0 Å². The number of methoxy groups -OCH3 is 1. The standard InChI is InChI=1S/C13H26N2O/c1-11(8-14-13(2,3)4)9-15-7-6-12(10-15)16-5/h12,14H,1,6-10H2,2-5H3. The van der Waals surface area contributed by atoms with Crippen molar-refractivity contribution >= 4 is 0 Å². The molecule has 3 heteroatoms. The molecule has 1 rings (SSSR count). The van der Waals surface area contributed by atoms with Crippen LogP contribution in [-0.4, -0.2) is 49.8 Å². The summed E-state index contributed by atoms with van der Waals surface area (Å²) in [5.74, 6) is 0. The Bertz CT molecular complexity index is 233. The Labute approximate surface area is 99.8 Å². The van der Waals surface area contributed by atoms with Crippen LogP contribution in [0.3, 0.4) is 0 Å². The molecule has 0 radical (unpaired) electrons. The summed E-state index contributed by atoms with van der Waals surface area (Å²) in [6, 6.07) is 0. The molecule has 0 amide bonds. The second-order valence-electron chi connectivity index (χ2n) is 5.74. The lowest BCUT2D eigenvalue weighted by Gasteiger charge is -2.23. The first-order valence-electron chi connectivity index (χ1n) is 6.07. The number of nitrogens with one attached hydrogen (secondary N) is 1. The molecular formula is C13H26N2O. The molecule has 1 aliphatic rings. The summed E-state index contributed by atoms with van der Waals surface area (Å²) < 4.78 is 5.35. The van der Waals surface area contributed by atoms with Crippen LogP contribution in [0, 0.1) is 0 Å². The van der Waals surface area contributed by atoms with E-state index in [9.17, 15) is 0 Å². The molecule has 0 aromatic heterocycles. The van der Waals surface area contributed by atoms with Crippen LogP contribution in [0.1, 0.15) is 27.2 Å². The van der Waals surface area contributed by atoms with Crippen LogP contribution in [0.15, 0.2) is 12.2 Å². The molecule has 1 aliphatic heterocycles. The molecule has 0 spiro atoms. The highest BCUT2D eigenvalue weighted by Gasteiger charge is 2.22. The van der Waals surface area contributed by atoms with Crippen molar-refractivity contribution in [3.8, 4) is 0 Å². The van der Waals surface area contributed by atoms with Crippen LogP contribution in [0.25, 0.3) is 0 Å². The minimum absolute atomic E-state index is 0.170. The van der Waals surface area contributed by atoms with Crippen molar-refractivity contribution in [1.29, 1.82) is 0 Å². The molecule has 1 N–H and O–H groups in total. The third kappa shape index (κ3) is 5.10. The first-order valence-corrected chi connectivity index (χ1v) is 6.07. The van der Waals surface area contributed by atoms with E-state index in [1.165, 1.54) is 5.57 Å². The lowest BCUT2D eigenvalue weighted by molar-refractivity contribution is 0.109. The predicted octanol–water partition coefficient (Wildman–Crippen LogP) is 1.65. The van der Waals surface area contributed by atoms with Gasteiger partial charge in [0.15, 0.2) is 0 Å². The van der Waals surface area contributed by atoms with Gasteiger partial charge in [-0.1, -0.05) is 6.58 Å². The predicted molar refractivity (Wildman–Crippen MR) is 68.7 cm³/mol. The van der Waals surface area contributed by atoms with Crippen LogP contribution in [0.5, 0.6) is 0 Å². The zero-order valence-electron chi connectivity index (χ0n) is 11.2. The van der Waals surface area contributed by atoms with Crippen molar-refractivity contribution in [1.82, 2.24) is 10.2 Å². The molecule has 1 fully saturated rings. The number of hydrogen-bond acceptors (Lipinski definition) is 3. The molecular weight excluding hydrogens is 200 g/mol. The maximum Gasteiger partial charge on any atom is 0.0710 e. The zero-order valence-corrected chi connectivity index (χ0v) is 11.2. The van der Waals surface area contributed by atoms with Crippen LogP contribution in [0.2, 0.25) is 0 Å². The van der Waals surface area contributed by atoms with Gasteiger partial charge in [0.1, 0.15) is 0 Å². The second kappa shape index (κ2) is 5.80. The lowest BCUT2D eigenvalue weighted by atomic mass is 10.1. The number of rotatable bonds is 5. The fraction of sp³-hybridized carbons (Fsp3) is 0.846. The molecule has 0 aromatic carbocycles. The summed E-state index contributed by atoms with van der Waals surface area (Å²) in [5, 5.41) is 3.46. The van der Waals surface area contributed by atoms with E-state index in [1.54, 1.807) is 7.11 Å². The summed E-state index contributed by atoms with van der Waals surface area (Å²) in [4.78, 5) is 2.42. The zero-order chi connectivity index (χ0) is 12.2. The monoisotopic (exact) mass is 226 g/mol. The largest absolute Gasteiger partial charge is 0.380 e. The summed E-state index contributed by atoms with van der Waals surface area (Å²) >= 11 is 0. The van der Waals surface area contributed by atoms with Crippen molar-refractivity contribution in [2.24, 2.45) is 0 Å². The molecule has 1 saturated heterocycles. The highest BCUT2D eigenvalue weighted by molar-refractivity contribution is 5.02. The van der Waals surface area contributed by atoms with Crippen LogP contribution < -0.4 is 5.32 Å². The van der Waals surface area contributed by atoms with Crippen molar-refractivity contribution in [3.63, 3.8) is 0 Å². The Morgan fingerprint density at radius 1 is 1.50 bits per heavy atom. The number of nitrogens with zero attached hydrogens (tertiary/aromatic N) is 1. The van der Waals surface area contributed by atoms with E-state index in [1.807, 2.05) is 0 Å². The van der Waals surface area contributed by atoms with Crippen LogP contribution in [0.4, 0.5) is 0 Å². The van der Waals surface area contributed by atoms with Crippen LogP contribution >= 0.6 is 0 Å². The SMILES string of the molecule is C=C(CNC(C)(C)C)CN1CCC(OC)C1. The minimum atomic E-state index is 0.170. The smallest absolute Gasteiger partial charge is 0.0710 e. The van der Waals surface area contributed by atoms with Gasteiger partial charge in [-0.3, -0.25) is 4.90 Å². The molecule has 16 heavy (non-hydrogen) atoms. The van der Waals surface area contributed by atoms with E-state index in [2.05, 4.69) is 37.6 Å². The molecule has 0 saturated carbocycles. The van der Waals surface area contributed by atoms with Crippen molar-refractivity contribution in [3.05, 3.63) is 12.2 Å². The third-order valence-electron chi connectivity index (χ3n) is 2.88. The first kappa shape index (κ1) is 13.7. The fourth-order valence-corrected chi connectivity index (χ4v) is 1.90. The molecule has 0 aromatic rings. The molecule has 1 unspecified atom stereocenters. The Kier molecular flexibility index (Phi) is 4.96. The van der Waals surface area contributed by atoms with E-state index in [0.29, 0.717) is 6.10 Å². The van der Waals surface area contributed by atoms with E-state index in [4.69, 9.17) is 4.74 Å². The molecule has 3 nitrogen and oxygen atoms in total. The topological polar surface area (TPSA) is 24.5 Å². The van der Waals surface area contributed by atoms with Crippen molar-refractivity contribution < 1.29 is 4.74 Å². The highest BCUT2D eigenvalue weighted by Crippen LogP contribution is 2.13. The maximum atomic E-state index is 5.35. The minimum Gasteiger partial charge on any atom is -0.380 e. The van der Waals surface area contributed by atoms with Gasteiger partial charge in [-0.05, 0) is 32.8 Å². The van der Waals surface area contributed by atoms with Crippen molar-refractivity contribution in [2.45, 2.75) is 38.8 Å². The molecule has 0 bridgehead atoms.